The first-order valence-electron chi connectivity index (χ1n) is 6.84. The molecule has 0 heterocycles. The van der Waals surface area contributed by atoms with Crippen LogP contribution in [-0.2, 0) is 10.5 Å². The third-order valence-electron chi connectivity index (χ3n) is 2.99. The number of aryl methyl sites for hydroxylation is 2. The Morgan fingerprint density at radius 2 is 1.73 bits per heavy atom. The maximum atomic E-state index is 13.0. The minimum absolute atomic E-state index is 0.236. The van der Waals surface area contributed by atoms with E-state index in [4.69, 9.17) is 0 Å². The summed E-state index contributed by atoms with van der Waals surface area (Å²) in [6.45, 7) is 4.08. The molecular weight excluding hydrogens is 304 g/mol. The average Bonchev–Trinajstić information content (AvgIpc) is 2.42. The average molecular weight is 321 g/mol. The highest BCUT2D eigenvalue weighted by Gasteiger charge is 2.07. The van der Waals surface area contributed by atoms with E-state index in [1.54, 1.807) is 0 Å². The zero-order chi connectivity index (χ0) is 16.1. The van der Waals surface area contributed by atoms with Crippen LogP contribution < -0.4 is 5.32 Å². The maximum absolute atomic E-state index is 13.0. The predicted molar refractivity (Wildman–Crippen MR) is 87.1 cm³/mol. The molecule has 2 aromatic carbocycles. The molecule has 1 amide bonds. The lowest BCUT2D eigenvalue weighted by Gasteiger charge is -2.07. The molecule has 0 unspecified atom stereocenters. The van der Waals surface area contributed by atoms with Gasteiger partial charge in [0.05, 0.1) is 5.75 Å². The second-order valence-corrected chi connectivity index (χ2v) is 6.15. The van der Waals surface area contributed by atoms with E-state index >= 15 is 0 Å². The molecule has 0 aliphatic heterocycles. The Labute approximate surface area is 132 Å². The summed E-state index contributed by atoms with van der Waals surface area (Å²) in [4.78, 5) is 11.8. The lowest BCUT2D eigenvalue weighted by Crippen LogP contribution is -2.14. The molecule has 0 saturated carbocycles. The molecule has 5 heteroatoms. The Bertz CT molecular complexity index is 668. The first-order chi connectivity index (χ1) is 10.4. The molecule has 2 aromatic rings. The van der Waals surface area contributed by atoms with E-state index in [1.165, 1.54) is 34.5 Å². The van der Waals surface area contributed by atoms with Crippen LogP contribution in [0.2, 0.25) is 0 Å². The number of carbonyl (C=O) groups excluding carboxylic acids is 1. The number of amides is 1. The van der Waals surface area contributed by atoms with Gasteiger partial charge in [-0.25, -0.2) is 8.78 Å². The molecular formula is C17H17F2NOS. The largest absolute Gasteiger partial charge is 0.325 e. The zero-order valence-corrected chi connectivity index (χ0v) is 13.3. The summed E-state index contributed by atoms with van der Waals surface area (Å²) < 4.78 is 25.8. The summed E-state index contributed by atoms with van der Waals surface area (Å²) in [5, 5.41) is 2.55. The normalized spacial score (nSPS) is 10.5. The standard InChI is InChI=1S/C17H17F2NOS/c1-11-5-12(2)7-13(6-11)9-22-10-17(21)20-14-3-4-15(18)16(19)8-14/h3-8H,9-10H2,1-2H3,(H,20,21). The van der Waals surface area contributed by atoms with Gasteiger partial charge in [-0.2, -0.15) is 0 Å². The molecule has 0 fully saturated rings. The van der Waals surface area contributed by atoms with Gasteiger partial charge in [0.2, 0.25) is 5.91 Å². The van der Waals surface area contributed by atoms with Crippen LogP contribution >= 0.6 is 11.8 Å². The van der Waals surface area contributed by atoms with E-state index in [2.05, 4.69) is 23.5 Å². The molecule has 22 heavy (non-hydrogen) atoms. The SMILES string of the molecule is Cc1cc(C)cc(CSCC(=O)Nc2ccc(F)c(F)c2)c1. The quantitative estimate of drug-likeness (QED) is 0.881. The van der Waals surface area contributed by atoms with Crippen molar-refractivity contribution in [2.45, 2.75) is 19.6 Å². The Morgan fingerprint density at radius 3 is 2.36 bits per heavy atom. The van der Waals surface area contributed by atoms with Gasteiger partial charge >= 0.3 is 0 Å². The molecule has 0 aliphatic carbocycles. The van der Waals surface area contributed by atoms with Crippen molar-refractivity contribution in [3.05, 3.63) is 64.7 Å². The van der Waals surface area contributed by atoms with Gasteiger partial charge in [0.25, 0.3) is 0 Å². The molecule has 1 N–H and O–H groups in total. The molecule has 0 aromatic heterocycles. The lowest BCUT2D eigenvalue weighted by molar-refractivity contribution is -0.113. The highest BCUT2D eigenvalue weighted by molar-refractivity contribution is 7.99. The van der Waals surface area contributed by atoms with E-state index in [-0.39, 0.29) is 17.3 Å². The molecule has 0 spiro atoms. The van der Waals surface area contributed by atoms with E-state index in [1.807, 2.05) is 13.8 Å². The molecule has 116 valence electrons. The summed E-state index contributed by atoms with van der Waals surface area (Å²) in [5.41, 5.74) is 3.82. The summed E-state index contributed by atoms with van der Waals surface area (Å²) >= 11 is 1.48. The van der Waals surface area contributed by atoms with Crippen LogP contribution in [0.1, 0.15) is 16.7 Å². The molecule has 0 saturated heterocycles. The number of halogens is 2. The van der Waals surface area contributed by atoms with E-state index in [0.717, 1.165) is 17.9 Å². The van der Waals surface area contributed by atoms with E-state index in [9.17, 15) is 13.6 Å². The van der Waals surface area contributed by atoms with Crippen molar-refractivity contribution < 1.29 is 13.6 Å². The topological polar surface area (TPSA) is 29.1 Å². The first kappa shape index (κ1) is 16.5. The van der Waals surface area contributed by atoms with Gasteiger partial charge in [-0.3, -0.25) is 4.79 Å². The lowest BCUT2D eigenvalue weighted by atomic mass is 10.1. The fourth-order valence-electron chi connectivity index (χ4n) is 2.18. The number of rotatable bonds is 5. The van der Waals surface area contributed by atoms with Crippen molar-refractivity contribution in [2.75, 3.05) is 11.1 Å². The fourth-order valence-corrected chi connectivity index (χ4v) is 2.95. The van der Waals surface area contributed by atoms with Gasteiger partial charge in [-0.05, 0) is 31.5 Å². The minimum atomic E-state index is -0.972. The monoisotopic (exact) mass is 321 g/mol. The Kier molecular flexibility index (Phi) is 5.55. The van der Waals surface area contributed by atoms with E-state index < -0.39 is 11.6 Å². The zero-order valence-electron chi connectivity index (χ0n) is 12.5. The van der Waals surface area contributed by atoms with Crippen LogP contribution in [0.5, 0.6) is 0 Å². The van der Waals surface area contributed by atoms with Gasteiger partial charge in [-0.1, -0.05) is 29.3 Å². The number of nitrogens with one attached hydrogen (secondary N) is 1. The number of anilines is 1. The number of hydrogen-bond acceptors (Lipinski definition) is 2. The smallest absolute Gasteiger partial charge is 0.234 e. The summed E-state index contributed by atoms with van der Waals surface area (Å²) in [5.74, 6) is -1.15. The molecule has 0 atom stereocenters. The number of benzene rings is 2. The number of thioether (sulfide) groups is 1. The first-order valence-corrected chi connectivity index (χ1v) is 7.99. The van der Waals surface area contributed by atoms with Crippen molar-refractivity contribution in [2.24, 2.45) is 0 Å². The van der Waals surface area contributed by atoms with Gasteiger partial charge < -0.3 is 5.32 Å². The third-order valence-corrected chi connectivity index (χ3v) is 3.99. The third kappa shape index (κ3) is 4.84. The Morgan fingerprint density at radius 1 is 1.05 bits per heavy atom. The van der Waals surface area contributed by atoms with Crippen LogP contribution in [0.3, 0.4) is 0 Å². The van der Waals surface area contributed by atoms with Crippen LogP contribution in [0, 0.1) is 25.5 Å². The highest BCUT2D eigenvalue weighted by atomic mass is 32.2. The predicted octanol–water partition coefficient (Wildman–Crippen LogP) is 4.45. The van der Waals surface area contributed by atoms with Crippen LogP contribution in [0.15, 0.2) is 36.4 Å². The van der Waals surface area contributed by atoms with E-state index in [0.29, 0.717) is 0 Å². The second kappa shape index (κ2) is 7.40. The van der Waals surface area contributed by atoms with Crippen LogP contribution in [0.25, 0.3) is 0 Å². The van der Waals surface area contributed by atoms with Gasteiger partial charge in [0.1, 0.15) is 0 Å². The number of carbonyl (C=O) groups is 1. The summed E-state index contributed by atoms with van der Waals surface area (Å²) in [6, 6.07) is 9.59. The van der Waals surface area contributed by atoms with Crippen molar-refractivity contribution in [3.63, 3.8) is 0 Å². The summed E-state index contributed by atoms with van der Waals surface area (Å²) in [6.07, 6.45) is 0. The van der Waals surface area contributed by atoms with Crippen molar-refractivity contribution in [1.82, 2.24) is 0 Å². The van der Waals surface area contributed by atoms with Gasteiger partial charge in [-0.15, -0.1) is 11.8 Å². The molecule has 2 rings (SSSR count). The number of hydrogen-bond donors (Lipinski definition) is 1. The molecule has 0 aliphatic rings. The highest BCUT2D eigenvalue weighted by Crippen LogP contribution is 2.17. The van der Waals surface area contributed by atoms with Gasteiger partial charge in [0, 0.05) is 17.5 Å². The Hall–Kier alpha value is -1.88. The molecule has 0 bridgehead atoms. The minimum Gasteiger partial charge on any atom is -0.325 e. The van der Waals surface area contributed by atoms with Crippen molar-refractivity contribution in [1.29, 1.82) is 0 Å². The molecule has 0 radical (unpaired) electrons. The van der Waals surface area contributed by atoms with Crippen molar-refractivity contribution >= 4 is 23.4 Å². The second-order valence-electron chi connectivity index (χ2n) is 5.17. The fraction of sp³-hybridized carbons (Fsp3) is 0.235. The van der Waals surface area contributed by atoms with Crippen LogP contribution in [-0.4, -0.2) is 11.7 Å². The summed E-state index contributed by atoms with van der Waals surface area (Å²) in [7, 11) is 0. The molecule has 2 nitrogen and oxygen atoms in total. The maximum Gasteiger partial charge on any atom is 0.234 e. The Balaban J connectivity index is 1.83. The van der Waals surface area contributed by atoms with Gasteiger partial charge in [0.15, 0.2) is 11.6 Å². The van der Waals surface area contributed by atoms with Crippen molar-refractivity contribution in [3.8, 4) is 0 Å². The van der Waals surface area contributed by atoms with Crippen LogP contribution in [0.4, 0.5) is 14.5 Å².